The molecule has 1 aromatic carbocycles. The average Bonchev–Trinajstić information content (AvgIpc) is 2.93. The number of amides is 1. The Morgan fingerprint density at radius 1 is 1.24 bits per heavy atom. The van der Waals surface area contributed by atoms with E-state index in [2.05, 4.69) is 10.3 Å². The van der Waals surface area contributed by atoms with Gasteiger partial charge in [-0.25, -0.2) is 17.9 Å². The molecule has 0 saturated heterocycles. The maximum Gasteiger partial charge on any atom is 0.224 e. The molecular formula is C16H18F3N5O. The van der Waals surface area contributed by atoms with Crippen LogP contribution in [0.1, 0.15) is 23.4 Å². The summed E-state index contributed by atoms with van der Waals surface area (Å²) in [4.78, 5) is 14.1. The van der Waals surface area contributed by atoms with Gasteiger partial charge in [0.1, 0.15) is 5.82 Å². The first-order valence-electron chi connectivity index (χ1n) is 7.91. The third kappa shape index (κ3) is 3.65. The molecule has 0 aliphatic carbocycles. The molecule has 2 N–H and O–H groups in total. The normalized spacial score (nSPS) is 15.2. The molecule has 9 heteroatoms. The second kappa shape index (κ2) is 6.83. The maximum absolute atomic E-state index is 13.7. The highest BCUT2D eigenvalue weighted by atomic mass is 19.2. The van der Waals surface area contributed by atoms with E-state index in [1.165, 1.54) is 0 Å². The zero-order chi connectivity index (χ0) is 18.1. The van der Waals surface area contributed by atoms with Gasteiger partial charge >= 0.3 is 0 Å². The van der Waals surface area contributed by atoms with E-state index in [9.17, 15) is 18.0 Å². The van der Waals surface area contributed by atoms with E-state index in [1.54, 1.807) is 9.58 Å². The third-order valence-electron chi connectivity index (χ3n) is 4.32. The number of nitrogens with two attached hydrogens (primary N) is 1. The monoisotopic (exact) mass is 353 g/mol. The van der Waals surface area contributed by atoms with Gasteiger partial charge in [0.2, 0.25) is 5.91 Å². The van der Waals surface area contributed by atoms with Gasteiger partial charge in [0.05, 0.1) is 24.5 Å². The van der Waals surface area contributed by atoms with Crippen LogP contribution in [0.4, 0.5) is 13.2 Å². The van der Waals surface area contributed by atoms with Crippen molar-refractivity contribution in [2.45, 2.75) is 38.9 Å². The SMILES string of the molecule is Cc1nnn2c1CN(C(=O)C[C@H](N)Cc1cc(F)c(F)cc1F)CC2. The molecule has 25 heavy (non-hydrogen) atoms. The summed E-state index contributed by atoms with van der Waals surface area (Å²) in [6, 6.07) is 0.572. The van der Waals surface area contributed by atoms with Crippen LogP contribution in [0.2, 0.25) is 0 Å². The molecule has 134 valence electrons. The molecule has 0 fully saturated rings. The quantitative estimate of drug-likeness (QED) is 0.841. The van der Waals surface area contributed by atoms with Gasteiger partial charge in [-0.2, -0.15) is 0 Å². The Balaban J connectivity index is 1.62. The van der Waals surface area contributed by atoms with Crippen molar-refractivity contribution >= 4 is 5.91 Å². The van der Waals surface area contributed by atoms with Crippen molar-refractivity contribution in [1.82, 2.24) is 19.9 Å². The Hall–Kier alpha value is -2.42. The van der Waals surface area contributed by atoms with Crippen LogP contribution in [0, 0.1) is 24.4 Å². The number of aryl methyl sites for hydroxylation is 1. The van der Waals surface area contributed by atoms with Crippen LogP contribution < -0.4 is 5.73 Å². The number of hydrogen-bond donors (Lipinski definition) is 1. The molecule has 1 aromatic heterocycles. The highest BCUT2D eigenvalue weighted by Crippen LogP contribution is 2.18. The van der Waals surface area contributed by atoms with Gasteiger partial charge in [-0.1, -0.05) is 5.21 Å². The lowest BCUT2D eigenvalue weighted by atomic mass is 10.0. The van der Waals surface area contributed by atoms with Crippen LogP contribution >= 0.6 is 0 Å². The van der Waals surface area contributed by atoms with E-state index in [0.29, 0.717) is 25.7 Å². The van der Waals surface area contributed by atoms with E-state index in [0.717, 1.165) is 17.5 Å². The number of aromatic nitrogens is 3. The van der Waals surface area contributed by atoms with E-state index < -0.39 is 23.5 Å². The Morgan fingerprint density at radius 3 is 2.72 bits per heavy atom. The fourth-order valence-corrected chi connectivity index (χ4v) is 2.91. The van der Waals surface area contributed by atoms with Crippen molar-refractivity contribution in [1.29, 1.82) is 0 Å². The highest BCUT2D eigenvalue weighted by Gasteiger charge is 2.25. The Kier molecular flexibility index (Phi) is 4.76. The number of hydrogen-bond acceptors (Lipinski definition) is 4. The summed E-state index contributed by atoms with van der Waals surface area (Å²) < 4.78 is 41.6. The van der Waals surface area contributed by atoms with E-state index in [4.69, 9.17) is 5.73 Å². The first kappa shape index (κ1) is 17.4. The number of benzene rings is 1. The molecule has 2 heterocycles. The van der Waals surface area contributed by atoms with Crippen molar-refractivity contribution in [3.63, 3.8) is 0 Å². The molecule has 0 spiro atoms. The fraction of sp³-hybridized carbons (Fsp3) is 0.438. The molecule has 6 nitrogen and oxygen atoms in total. The van der Waals surface area contributed by atoms with E-state index in [-0.39, 0.29) is 24.3 Å². The molecule has 1 atom stereocenters. The third-order valence-corrected chi connectivity index (χ3v) is 4.32. The first-order valence-corrected chi connectivity index (χ1v) is 7.91. The summed E-state index contributed by atoms with van der Waals surface area (Å²) in [6.07, 6.45) is -0.0693. The molecule has 0 radical (unpaired) electrons. The van der Waals surface area contributed by atoms with Crippen LogP contribution in [0.5, 0.6) is 0 Å². The number of fused-ring (bicyclic) bond motifs is 1. The van der Waals surface area contributed by atoms with Crippen molar-refractivity contribution in [3.05, 3.63) is 46.5 Å². The number of nitrogens with zero attached hydrogens (tertiary/aromatic N) is 4. The molecule has 1 aliphatic rings. The molecule has 0 saturated carbocycles. The Bertz CT molecular complexity index is 807. The molecule has 3 rings (SSSR count). The van der Waals surface area contributed by atoms with Crippen molar-refractivity contribution in [3.8, 4) is 0 Å². The van der Waals surface area contributed by atoms with E-state index >= 15 is 0 Å². The van der Waals surface area contributed by atoms with Gasteiger partial charge < -0.3 is 10.6 Å². The van der Waals surface area contributed by atoms with Gasteiger partial charge in [-0.15, -0.1) is 5.10 Å². The van der Waals surface area contributed by atoms with Crippen LogP contribution in [0.3, 0.4) is 0 Å². The van der Waals surface area contributed by atoms with E-state index in [1.807, 2.05) is 6.92 Å². The summed E-state index contributed by atoms with van der Waals surface area (Å²) >= 11 is 0. The van der Waals surface area contributed by atoms with Gasteiger partial charge in [0.15, 0.2) is 11.6 Å². The minimum absolute atomic E-state index is 0.0148. The van der Waals surface area contributed by atoms with Crippen molar-refractivity contribution < 1.29 is 18.0 Å². The largest absolute Gasteiger partial charge is 0.335 e. The lowest BCUT2D eigenvalue weighted by Crippen LogP contribution is -2.41. The lowest BCUT2D eigenvalue weighted by molar-refractivity contribution is -0.133. The zero-order valence-electron chi connectivity index (χ0n) is 13.7. The highest BCUT2D eigenvalue weighted by molar-refractivity contribution is 5.77. The first-order chi connectivity index (χ1) is 11.8. The van der Waals surface area contributed by atoms with Crippen LogP contribution in [-0.2, 0) is 24.3 Å². The van der Waals surface area contributed by atoms with Crippen LogP contribution in [0.25, 0.3) is 0 Å². The topological polar surface area (TPSA) is 77.0 Å². The average molecular weight is 353 g/mol. The van der Waals surface area contributed by atoms with Gasteiger partial charge in [0.25, 0.3) is 0 Å². The number of halogens is 3. The van der Waals surface area contributed by atoms with Gasteiger partial charge in [0, 0.05) is 25.1 Å². The predicted octanol–water partition coefficient (Wildman–Crippen LogP) is 1.31. The standard InChI is InChI=1S/C16H18F3N5O/c1-9-15-8-23(2-3-24(15)22-21-9)16(25)6-11(20)4-10-5-13(18)14(19)7-12(10)17/h5,7,11H,2-4,6,8,20H2,1H3/t11-/m1/s1. The lowest BCUT2D eigenvalue weighted by Gasteiger charge is -2.28. The summed E-state index contributed by atoms with van der Waals surface area (Å²) in [7, 11) is 0. The number of carbonyl (C=O) groups excluding carboxylic acids is 1. The summed E-state index contributed by atoms with van der Waals surface area (Å²) in [6.45, 7) is 3.25. The summed E-state index contributed by atoms with van der Waals surface area (Å²) in [5, 5.41) is 7.96. The molecule has 1 aliphatic heterocycles. The molecule has 1 amide bonds. The van der Waals surface area contributed by atoms with Gasteiger partial charge in [-0.05, 0) is 25.0 Å². The summed E-state index contributed by atoms with van der Waals surface area (Å²) in [5.74, 6) is -3.44. The summed E-state index contributed by atoms with van der Waals surface area (Å²) in [5.41, 5.74) is 7.51. The maximum atomic E-state index is 13.7. The Morgan fingerprint density at radius 2 is 1.96 bits per heavy atom. The molecule has 0 bridgehead atoms. The zero-order valence-corrected chi connectivity index (χ0v) is 13.7. The van der Waals surface area contributed by atoms with Crippen LogP contribution in [0.15, 0.2) is 12.1 Å². The molecular weight excluding hydrogens is 335 g/mol. The van der Waals surface area contributed by atoms with Gasteiger partial charge in [-0.3, -0.25) is 4.79 Å². The van der Waals surface area contributed by atoms with Crippen LogP contribution in [-0.4, -0.2) is 38.4 Å². The second-order valence-electron chi connectivity index (χ2n) is 6.19. The van der Waals surface area contributed by atoms with Crippen molar-refractivity contribution in [2.75, 3.05) is 6.54 Å². The fourth-order valence-electron chi connectivity index (χ4n) is 2.91. The molecule has 0 unspecified atom stereocenters. The minimum atomic E-state index is -1.25. The predicted molar refractivity (Wildman–Crippen MR) is 82.8 cm³/mol. The molecule has 2 aromatic rings. The minimum Gasteiger partial charge on any atom is -0.335 e. The number of carbonyl (C=O) groups is 1. The number of rotatable bonds is 4. The van der Waals surface area contributed by atoms with Crippen molar-refractivity contribution in [2.24, 2.45) is 5.73 Å². The Labute approximate surface area is 142 Å². The second-order valence-corrected chi connectivity index (χ2v) is 6.19. The smallest absolute Gasteiger partial charge is 0.224 e.